The van der Waals surface area contributed by atoms with E-state index < -0.39 is 23.9 Å². The van der Waals surface area contributed by atoms with E-state index in [0.29, 0.717) is 37.0 Å². The molecule has 0 heterocycles. The number of allylic oxidation sites excluding steroid dienone is 3. The Morgan fingerprint density at radius 3 is 2.61 bits per heavy atom. The van der Waals surface area contributed by atoms with E-state index in [-0.39, 0.29) is 5.41 Å². The molecule has 4 heteroatoms. The van der Waals surface area contributed by atoms with Gasteiger partial charge in [-0.3, -0.25) is 0 Å². The molecule has 0 unspecified atom stereocenters. The van der Waals surface area contributed by atoms with Crippen LogP contribution in [0.25, 0.3) is 0 Å². The molecule has 3 fully saturated rings. The van der Waals surface area contributed by atoms with Gasteiger partial charge in [0.25, 0.3) is 0 Å². The number of rotatable bonds is 6. The summed E-state index contributed by atoms with van der Waals surface area (Å²) in [7, 11) is 0. The predicted octanol–water partition coefficient (Wildman–Crippen LogP) is 4.68. The van der Waals surface area contributed by atoms with Gasteiger partial charge >= 0.3 is 0 Å². The molecule has 3 aliphatic rings. The molecule has 4 nitrogen and oxygen atoms in total. The number of hydrogen-bond donors (Lipinski definition) is 4. The van der Waals surface area contributed by atoms with Gasteiger partial charge in [0.15, 0.2) is 0 Å². The molecule has 176 valence electrons. The molecule has 4 N–H and O–H groups in total. The van der Waals surface area contributed by atoms with Crippen molar-refractivity contribution < 1.29 is 20.4 Å². The lowest BCUT2D eigenvalue weighted by molar-refractivity contribution is 0.000127. The van der Waals surface area contributed by atoms with Crippen LogP contribution in [0.3, 0.4) is 0 Å². The van der Waals surface area contributed by atoms with Crippen LogP contribution in [0.5, 0.6) is 0 Å². The van der Waals surface area contributed by atoms with E-state index in [2.05, 4.69) is 32.6 Å². The number of aliphatic hydroxyl groups excluding tert-OH is 3. The number of aliphatic hydroxyl groups is 4. The third-order valence-corrected chi connectivity index (χ3v) is 8.37. The van der Waals surface area contributed by atoms with Crippen LogP contribution in [-0.4, -0.2) is 44.3 Å². The molecule has 0 aromatic heterocycles. The van der Waals surface area contributed by atoms with Crippen molar-refractivity contribution in [1.82, 2.24) is 0 Å². The molecule has 0 aliphatic heterocycles. The van der Waals surface area contributed by atoms with Gasteiger partial charge in [-0.1, -0.05) is 38.2 Å². The summed E-state index contributed by atoms with van der Waals surface area (Å²) in [4.78, 5) is 0. The lowest BCUT2D eigenvalue weighted by atomic mass is 9.60. The summed E-state index contributed by atoms with van der Waals surface area (Å²) in [5, 5.41) is 40.7. The maximum absolute atomic E-state index is 10.5. The van der Waals surface area contributed by atoms with Crippen molar-refractivity contribution in [3.8, 4) is 0 Å². The second kappa shape index (κ2) is 9.51. The Morgan fingerprint density at radius 2 is 1.94 bits per heavy atom. The lowest BCUT2D eigenvalue weighted by Gasteiger charge is -2.44. The molecule has 0 aromatic carbocycles. The van der Waals surface area contributed by atoms with Gasteiger partial charge in [-0.05, 0) is 93.1 Å². The van der Waals surface area contributed by atoms with Crippen LogP contribution in [-0.2, 0) is 0 Å². The van der Waals surface area contributed by atoms with E-state index >= 15 is 0 Å². The predicted molar refractivity (Wildman–Crippen MR) is 125 cm³/mol. The summed E-state index contributed by atoms with van der Waals surface area (Å²) in [6.45, 7) is 12.3. The third-order valence-electron chi connectivity index (χ3n) is 8.37. The van der Waals surface area contributed by atoms with Crippen molar-refractivity contribution in [2.45, 2.75) is 109 Å². The summed E-state index contributed by atoms with van der Waals surface area (Å²) >= 11 is 0. The zero-order chi connectivity index (χ0) is 23.0. The van der Waals surface area contributed by atoms with E-state index in [4.69, 9.17) is 0 Å². The highest BCUT2D eigenvalue weighted by molar-refractivity contribution is 5.38. The van der Waals surface area contributed by atoms with Crippen LogP contribution in [0.4, 0.5) is 0 Å². The fraction of sp³-hybridized carbons (Fsp3) is 0.778. The Labute approximate surface area is 188 Å². The van der Waals surface area contributed by atoms with Crippen LogP contribution in [0, 0.1) is 23.2 Å². The quantitative estimate of drug-likeness (QED) is 0.491. The Balaban J connectivity index is 1.72. The van der Waals surface area contributed by atoms with Gasteiger partial charge in [0.2, 0.25) is 0 Å². The minimum absolute atomic E-state index is 0.249. The molecule has 3 aliphatic carbocycles. The Morgan fingerprint density at radius 1 is 1.23 bits per heavy atom. The second-order valence-corrected chi connectivity index (χ2v) is 11.5. The van der Waals surface area contributed by atoms with Crippen LogP contribution < -0.4 is 0 Å². The monoisotopic (exact) mass is 432 g/mol. The lowest BCUT2D eigenvalue weighted by Crippen LogP contribution is -2.37. The van der Waals surface area contributed by atoms with Gasteiger partial charge in [0, 0.05) is 12.8 Å². The van der Waals surface area contributed by atoms with Crippen LogP contribution in [0.15, 0.2) is 35.5 Å². The Hall–Kier alpha value is -0.940. The van der Waals surface area contributed by atoms with Crippen molar-refractivity contribution in [1.29, 1.82) is 0 Å². The van der Waals surface area contributed by atoms with Crippen molar-refractivity contribution in [2.24, 2.45) is 23.2 Å². The standard InChI is InChI=1S/C27H44O4/c1-17(13-22(29)16-26(3,4)31)23-10-11-24-19(7-6-12-27(23,24)5)8-9-20-14-21(28)15-25(30)18(20)2/h8-9,17,21-25,28-31H,2,6-7,10-16H2,1,3-5H3/b19-8+,20-9+/t17-,21-,22-,23-,24+,25+,27-/m1/s1. The smallest absolute Gasteiger partial charge is 0.0811 e. The van der Waals surface area contributed by atoms with Crippen LogP contribution >= 0.6 is 0 Å². The minimum Gasteiger partial charge on any atom is -0.393 e. The van der Waals surface area contributed by atoms with E-state index in [9.17, 15) is 20.4 Å². The van der Waals surface area contributed by atoms with E-state index in [1.807, 2.05) is 0 Å². The first-order chi connectivity index (χ1) is 14.4. The van der Waals surface area contributed by atoms with Gasteiger partial charge < -0.3 is 20.4 Å². The van der Waals surface area contributed by atoms with Crippen LogP contribution in [0.1, 0.15) is 85.5 Å². The molecule has 31 heavy (non-hydrogen) atoms. The molecule has 0 saturated heterocycles. The largest absolute Gasteiger partial charge is 0.393 e. The third kappa shape index (κ3) is 5.71. The maximum atomic E-state index is 10.5. The average Bonchev–Trinajstić information content (AvgIpc) is 2.99. The first-order valence-electron chi connectivity index (χ1n) is 12.3. The average molecular weight is 433 g/mol. The zero-order valence-electron chi connectivity index (χ0n) is 20.0. The highest BCUT2D eigenvalue weighted by atomic mass is 16.3. The summed E-state index contributed by atoms with van der Waals surface area (Å²) in [6.07, 6.45) is 10.8. The first-order valence-corrected chi connectivity index (χ1v) is 12.3. The van der Waals surface area contributed by atoms with E-state index in [0.717, 1.165) is 24.0 Å². The fourth-order valence-corrected chi connectivity index (χ4v) is 6.93. The first kappa shape index (κ1) is 24.7. The maximum Gasteiger partial charge on any atom is 0.0811 e. The zero-order valence-corrected chi connectivity index (χ0v) is 20.0. The van der Waals surface area contributed by atoms with Crippen LogP contribution in [0.2, 0.25) is 0 Å². The van der Waals surface area contributed by atoms with Gasteiger partial charge in [-0.25, -0.2) is 0 Å². The summed E-state index contributed by atoms with van der Waals surface area (Å²) < 4.78 is 0. The van der Waals surface area contributed by atoms with Gasteiger partial charge in [-0.2, -0.15) is 0 Å². The number of fused-ring (bicyclic) bond motifs is 1. The number of hydrogen-bond acceptors (Lipinski definition) is 4. The molecule has 0 amide bonds. The summed E-state index contributed by atoms with van der Waals surface area (Å²) in [5.41, 5.74) is 2.64. The molecular formula is C27H44O4. The highest BCUT2D eigenvalue weighted by Crippen LogP contribution is 2.60. The van der Waals surface area contributed by atoms with Crippen molar-refractivity contribution in [3.05, 3.63) is 35.5 Å². The highest BCUT2D eigenvalue weighted by Gasteiger charge is 2.50. The van der Waals surface area contributed by atoms with Crippen molar-refractivity contribution in [3.63, 3.8) is 0 Å². The second-order valence-electron chi connectivity index (χ2n) is 11.5. The molecule has 3 rings (SSSR count). The van der Waals surface area contributed by atoms with Gasteiger partial charge in [0.05, 0.1) is 23.9 Å². The SMILES string of the molecule is C=C1/C(=C/C=C2\CCC[C@]3(C)[C@@H]([C@H](C)C[C@@H](O)CC(C)(C)O)CC[C@@H]23)C[C@@H](O)C[C@@H]1O. The molecule has 3 saturated carbocycles. The van der Waals surface area contributed by atoms with Gasteiger partial charge in [-0.15, -0.1) is 0 Å². The molecule has 0 radical (unpaired) electrons. The molecule has 0 bridgehead atoms. The van der Waals surface area contributed by atoms with Gasteiger partial charge in [0.1, 0.15) is 0 Å². The Bertz CT molecular complexity index is 715. The van der Waals surface area contributed by atoms with E-state index in [1.165, 1.54) is 31.3 Å². The topological polar surface area (TPSA) is 80.9 Å². The minimum atomic E-state index is -0.834. The van der Waals surface area contributed by atoms with E-state index in [1.54, 1.807) is 13.8 Å². The fourth-order valence-electron chi connectivity index (χ4n) is 6.93. The summed E-state index contributed by atoms with van der Waals surface area (Å²) in [5.74, 6) is 1.57. The molecular weight excluding hydrogens is 388 g/mol. The molecule has 0 spiro atoms. The molecule has 0 aromatic rings. The van der Waals surface area contributed by atoms with Crippen molar-refractivity contribution >= 4 is 0 Å². The normalized spacial score (nSPS) is 39.0. The Kier molecular flexibility index (Phi) is 7.57. The van der Waals surface area contributed by atoms with Crippen molar-refractivity contribution in [2.75, 3.05) is 0 Å². The summed E-state index contributed by atoms with van der Waals surface area (Å²) in [6, 6.07) is 0. The molecule has 7 atom stereocenters.